The number of nitrogens with one attached hydrogen (secondary N) is 1. The molecule has 0 saturated carbocycles. The van der Waals surface area contributed by atoms with Crippen molar-refractivity contribution in [3.63, 3.8) is 0 Å². The maximum Gasteiger partial charge on any atom is 0.251 e. The van der Waals surface area contributed by atoms with E-state index in [-0.39, 0.29) is 11.9 Å². The number of carbonyl (C=O) groups excluding carboxylic acids is 1. The first-order valence-corrected chi connectivity index (χ1v) is 6.71. The van der Waals surface area contributed by atoms with Gasteiger partial charge in [0.25, 0.3) is 5.91 Å². The van der Waals surface area contributed by atoms with E-state index in [0.29, 0.717) is 17.3 Å². The third kappa shape index (κ3) is 2.85. The number of amides is 1. The predicted octanol–water partition coefficient (Wildman–Crippen LogP) is 1.45. The van der Waals surface area contributed by atoms with E-state index in [0.717, 1.165) is 5.69 Å². The molecular weight excluding hydrogens is 284 g/mol. The molecule has 8 nitrogen and oxygen atoms in total. The van der Waals surface area contributed by atoms with Crippen molar-refractivity contribution in [2.75, 3.05) is 0 Å². The standard InChI is InChI=1S/C14H14N6O2/c1-9(14-17-10(2)18-22-14)16-13(21)11-4-3-5-12(8-11)20-7-6-15-19-20/h3-9H,1-2H3,(H,16,21). The first-order chi connectivity index (χ1) is 10.6. The largest absolute Gasteiger partial charge is 0.341 e. The fourth-order valence-electron chi connectivity index (χ4n) is 1.97. The summed E-state index contributed by atoms with van der Waals surface area (Å²) in [5.74, 6) is 0.674. The highest BCUT2D eigenvalue weighted by atomic mass is 16.5. The van der Waals surface area contributed by atoms with Gasteiger partial charge in [0.05, 0.1) is 18.1 Å². The average molecular weight is 298 g/mol. The lowest BCUT2D eigenvalue weighted by molar-refractivity contribution is 0.0932. The number of aryl methyl sites for hydroxylation is 1. The third-order valence-electron chi connectivity index (χ3n) is 3.06. The van der Waals surface area contributed by atoms with Crippen LogP contribution >= 0.6 is 0 Å². The highest BCUT2D eigenvalue weighted by molar-refractivity contribution is 5.94. The Kier molecular flexibility index (Phi) is 3.65. The fourth-order valence-corrected chi connectivity index (χ4v) is 1.97. The van der Waals surface area contributed by atoms with Gasteiger partial charge in [-0.2, -0.15) is 4.98 Å². The number of benzene rings is 1. The van der Waals surface area contributed by atoms with Gasteiger partial charge >= 0.3 is 0 Å². The fraction of sp³-hybridized carbons (Fsp3) is 0.214. The number of rotatable bonds is 4. The molecule has 0 aliphatic rings. The first-order valence-electron chi connectivity index (χ1n) is 6.71. The lowest BCUT2D eigenvalue weighted by atomic mass is 10.1. The highest BCUT2D eigenvalue weighted by Crippen LogP contribution is 2.13. The molecular formula is C14H14N6O2. The molecule has 3 rings (SSSR count). The van der Waals surface area contributed by atoms with Crippen molar-refractivity contribution in [2.24, 2.45) is 0 Å². The van der Waals surface area contributed by atoms with Crippen molar-refractivity contribution in [3.8, 4) is 5.69 Å². The van der Waals surface area contributed by atoms with Crippen LogP contribution in [0.3, 0.4) is 0 Å². The molecule has 0 aliphatic carbocycles. The Morgan fingerprint density at radius 2 is 2.27 bits per heavy atom. The summed E-state index contributed by atoms with van der Waals surface area (Å²) in [4.78, 5) is 16.4. The third-order valence-corrected chi connectivity index (χ3v) is 3.06. The van der Waals surface area contributed by atoms with Gasteiger partial charge in [-0.05, 0) is 32.0 Å². The Balaban J connectivity index is 1.76. The van der Waals surface area contributed by atoms with E-state index in [2.05, 4.69) is 25.8 Å². The molecule has 8 heteroatoms. The maximum atomic E-state index is 12.3. The van der Waals surface area contributed by atoms with Gasteiger partial charge < -0.3 is 9.84 Å². The van der Waals surface area contributed by atoms with Crippen LogP contribution in [0.2, 0.25) is 0 Å². The molecule has 0 aliphatic heterocycles. The number of carbonyl (C=O) groups is 1. The SMILES string of the molecule is Cc1noc(C(C)NC(=O)c2cccc(-n3ccnn3)c2)n1. The smallest absolute Gasteiger partial charge is 0.251 e. The van der Waals surface area contributed by atoms with Crippen molar-refractivity contribution in [1.29, 1.82) is 0 Å². The zero-order valence-corrected chi connectivity index (χ0v) is 12.1. The predicted molar refractivity (Wildman–Crippen MR) is 76.3 cm³/mol. The molecule has 0 saturated heterocycles. The Morgan fingerprint density at radius 3 is 2.95 bits per heavy atom. The second kappa shape index (κ2) is 5.76. The number of hydrogen-bond acceptors (Lipinski definition) is 6. The van der Waals surface area contributed by atoms with Crippen LogP contribution in [-0.2, 0) is 0 Å². The molecule has 0 spiro atoms. The summed E-state index contributed by atoms with van der Waals surface area (Å²) in [6.45, 7) is 3.51. The van der Waals surface area contributed by atoms with Crippen LogP contribution in [0, 0.1) is 6.92 Å². The van der Waals surface area contributed by atoms with Crippen LogP contribution < -0.4 is 5.32 Å². The van der Waals surface area contributed by atoms with E-state index in [1.807, 2.05) is 6.07 Å². The molecule has 22 heavy (non-hydrogen) atoms. The van der Waals surface area contributed by atoms with E-state index in [4.69, 9.17) is 4.52 Å². The molecule has 2 aromatic heterocycles. The normalized spacial score (nSPS) is 12.1. The molecule has 0 bridgehead atoms. The van der Waals surface area contributed by atoms with E-state index >= 15 is 0 Å². The molecule has 1 atom stereocenters. The second-order valence-corrected chi connectivity index (χ2v) is 4.77. The van der Waals surface area contributed by atoms with Gasteiger partial charge in [-0.1, -0.05) is 16.4 Å². The summed E-state index contributed by atoms with van der Waals surface area (Å²) >= 11 is 0. The van der Waals surface area contributed by atoms with Crippen LogP contribution in [0.15, 0.2) is 41.2 Å². The second-order valence-electron chi connectivity index (χ2n) is 4.77. The van der Waals surface area contributed by atoms with Gasteiger partial charge in [-0.15, -0.1) is 5.10 Å². The van der Waals surface area contributed by atoms with Crippen molar-refractivity contribution < 1.29 is 9.32 Å². The van der Waals surface area contributed by atoms with Crippen LogP contribution in [0.4, 0.5) is 0 Å². The number of aromatic nitrogens is 5. The molecule has 3 aromatic rings. The van der Waals surface area contributed by atoms with Crippen molar-refractivity contribution >= 4 is 5.91 Å². The monoisotopic (exact) mass is 298 g/mol. The molecule has 1 unspecified atom stereocenters. The molecule has 1 amide bonds. The van der Waals surface area contributed by atoms with Gasteiger partial charge in [0, 0.05) is 5.56 Å². The quantitative estimate of drug-likeness (QED) is 0.782. The minimum Gasteiger partial charge on any atom is -0.341 e. The zero-order valence-electron chi connectivity index (χ0n) is 12.1. The molecule has 1 N–H and O–H groups in total. The topological polar surface area (TPSA) is 98.7 Å². The lowest BCUT2D eigenvalue weighted by Gasteiger charge is -2.10. The van der Waals surface area contributed by atoms with Crippen molar-refractivity contribution in [3.05, 3.63) is 53.9 Å². The number of nitrogens with zero attached hydrogens (tertiary/aromatic N) is 5. The Bertz CT molecular complexity index is 780. The molecule has 2 heterocycles. The maximum absolute atomic E-state index is 12.3. The van der Waals surface area contributed by atoms with Crippen molar-refractivity contribution in [2.45, 2.75) is 19.9 Å². The van der Waals surface area contributed by atoms with E-state index < -0.39 is 0 Å². The Morgan fingerprint density at radius 1 is 1.41 bits per heavy atom. The molecule has 0 radical (unpaired) electrons. The van der Waals surface area contributed by atoms with E-state index in [1.165, 1.54) is 0 Å². The van der Waals surface area contributed by atoms with E-state index in [9.17, 15) is 4.79 Å². The molecule has 0 fully saturated rings. The molecule has 1 aromatic carbocycles. The minimum atomic E-state index is -0.372. The summed E-state index contributed by atoms with van der Waals surface area (Å²) in [7, 11) is 0. The molecule has 112 valence electrons. The summed E-state index contributed by atoms with van der Waals surface area (Å²) in [6, 6.07) is 6.71. The summed E-state index contributed by atoms with van der Waals surface area (Å²) in [5, 5.41) is 14.2. The first kappa shape index (κ1) is 13.9. The minimum absolute atomic E-state index is 0.231. The van der Waals surface area contributed by atoms with Crippen LogP contribution in [-0.4, -0.2) is 31.0 Å². The van der Waals surface area contributed by atoms with Gasteiger partial charge in [0.2, 0.25) is 5.89 Å². The average Bonchev–Trinajstić information content (AvgIpc) is 3.18. The van der Waals surface area contributed by atoms with Crippen LogP contribution in [0.1, 0.15) is 35.0 Å². The summed E-state index contributed by atoms with van der Waals surface area (Å²) in [6.07, 6.45) is 3.29. The van der Waals surface area contributed by atoms with Gasteiger partial charge in [0.15, 0.2) is 5.82 Å². The van der Waals surface area contributed by atoms with Crippen LogP contribution in [0.25, 0.3) is 5.69 Å². The number of hydrogen-bond donors (Lipinski definition) is 1. The van der Waals surface area contributed by atoms with Crippen LogP contribution in [0.5, 0.6) is 0 Å². The Hall–Kier alpha value is -3.03. The van der Waals surface area contributed by atoms with Gasteiger partial charge in [-0.25, -0.2) is 4.68 Å². The van der Waals surface area contributed by atoms with Gasteiger partial charge in [-0.3, -0.25) is 4.79 Å². The summed E-state index contributed by atoms with van der Waals surface area (Å²) < 4.78 is 6.63. The lowest BCUT2D eigenvalue weighted by Crippen LogP contribution is -2.27. The van der Waals surface area contributed by atoms with Crippen molar-refractivity contribution in [1.82, 2.24) is 30.5 Å². The Labute approximate surface area is 126 Å². The summed E-state index contributed by atoms with van der Waals surface area (Å²) in [5.41, 5.74) is 1.27. The van der Waals surface area contributed by atoms with Gasteiger partial charge in [0.1, 0.15) is 6.04 Å². The highest BCUT2D eigenvalue weighted by Gasteiger charge is 2.16. The zero-order chi connectivity index (χ0) is 15.5. The van der Waals surface area contributed by atoms with E-state index in [1.54, 1.807) is 49.1 Å².